The largest absolute Gasteiger partial charge is 0.341 e. The van der Waals surface area contributed by atoms with Gasteiger partial charge in [-0.25, -0.2) is 9.78 Å². The highest BCUT2D eigenvalue weighted by Gasteiger charge is 2.22. The summed E-state index contributed by atoms with van der Waals surface area (Å²) in [6, 6.07) is 10.3. The van der Waals surface area contributed by atoms with Crippen molar-refractivity contribution >= 4 is 23.5 Å². The van der Waals surface area contributed by atoms with Gasteiger partial charge in [-0.15, -0.1) is 0 Å². The summed E-state index contributed by atoms with van der Waals surface area (Å²) in [7, 11) is 0. The van der Waals surface area contributed by atoms with E-state index in [4.69, 9.17) is 0 Å². The first-order valence-electron chi connectivity index (χ1n) is 9.48. The molecule has 0 unspecified atom stereocenters. The second-order valence-electron chi connectivity index (χ2n) is 7.27. The molecule has 1 aromatic heterocycles. The number of anilines is 3. The second-order valence-corrected chi connectivity index (χ2v) is 7.27. The van der Waals surface area contributed by atoms with Gasteiger partial charge >= 0.3 is 6.03 Å². The normalized spacial score (nSPS) is 14.9. The summed E-state index contributed by atoms with van der Waals surface area (Å²) in [6.07, 6.45) is 3.54. The van der Waals surface area contributed by atoms with Crippen LogP contribution in [0.5, 0.6) is 0 Å². The minimum Gasteiger partial charge on any atom is -0.341 e. The van der Waals surface area contributed by atoms with Crippen LogP contribution in [0.3, 0.4) is 0 Å². The predicted molar refractivity (Wildman–Crippen MR) is 109 cm³/mol. The predicted octanol–water partition coefficient (Wildman–Crippen LogP) is 3.21. The molecule has 27 heavy (non-hydrogen) atoms. The van der Waals surface area contributed by atoms with E-state index >= 15 is 0 Å². The molecule has 0 atom stereocenters. The Balaban J connectivity index is 1.55. The van der Waals surface area contributed by atoms with Gasteiger partial charge in [0.2, 0.25) is 5.95 Å². The molecule has 7 heteroatoms. The van der Waals surface area contributed by atoms with Gasteiger partial charge in [0, 0.05) is 37.1 Å². The standard InChI is InChI=1S/C20H28N6O/c1-14(2)22-20(27)24-17-9-12-26(13-10-17)19-21-11-8-18(25-19)23-16-6-4-15(3)5-7-16/h4-8,11,14,17H,9-10,12-13H2,1-3H3,(H,21,23,25)(H2,22,24,27). The number of aryl methyl sites for hydroxylation is 1. The molecule has 0 aliphatic carbocycles. The van der Waals surface area contributed by atoms with E-state index in [0.717, 1.165) is 43.4 Å². The smallest absolute Gasteiger partial charge is 0.315 e. The molecular weight excluding hydrogens is 340 g/mol. The Labute approximate surface area is 160 Å². The second kappa shape index (κ2) is 8.70. The molecule has 1 aliphatic heterocycles. The number of piperidine rings is 1. The summed E-state index contributed by atoms with van der Waals surface area (Å²) in [4.78, 5) is 23.1. The van der Waals surface area contributed by atoms with E-state index < -0.39 is 0 Å². The van der Waals surface area contributed by atoms with E-state index in [1.54, 1.807) is 6.20 Å². The maximum Gasteiger partial charge on any atom is 0.315 e. The molecule has 2 aromatic rings. The number of benzene rings is 1. The molecule has 0 spiro atoms. The number of urea groups is 1. The van der Waals surface area contributed by atoms with Gasteiger partial charge in [0.15, 0.2) is 0 Å². The SMILES string of the molecule is Cc1ccc(Nc2ccnc(N3CCC(NC(=O)NC(C)C)CC3)n2)cc1. The van der Waals surface area contributed by atoms with E-state index in [0.29, 0.717) is 0 Å². The third kappa shape index (κ3) is 5.57. The summed E-state index contributed by atoms with van der Waals surface area (Å²) in [6.45, 7) is 7.62. The number of carbonyl (C=O) groups is 1. The van der Waals surface area contributed by atoms with Crippen molar-refractivity contribution in [1.29, 1.82) is 0 Å². The summed E-state index contributed by atoms with van der Waals surface area (Å²) in [5.41, 5.74) is 2.23. The van der Waals surface area contributed by atoms with Crippen molar-refractivity contribution in [3.8, 4) is 0 Å². The van der Waals surface area contributed by atoms with Crippen molar-refractivity contribution in [3.05, 3.63) is 42.1 Å². The Bertz CT molecular complexity index is 753. The van der Waals surface area contributed by atoms with Crippen LogP contribution in [0.1, 0.15) is 32.3 Å². The van der Waals surface area contributed by atoms with E-state index in [9.17, 15) is 4.79 Å². The quantitative estimate of drug-likeness (QED) is 0.755. The average Bonchev–Trinajstić information content (AvgIpc) is 2.64. The highest BCUT2D eigenvalue weighted by Crippen LogP contribution is 2.20. The third-order valence-corrected chi connectivity index (χ3v) is 4.50. The van der Waals surface area contributed by atoms with Crippen LogP contribution < -0.4 is 20.9 Å². The number of hydrogen-bond donors (Lipinski definition) is 3. The van der Waals surface area contributed by atoms with E-state index in [1.165, 1.54) is 5.56 Å². The van der Waals surface area contributed by atoms with Crippen LogP contribution in [0, 0.1) is 6.92 Å². The van der Waals surface area contributed by atoms with Crippen molar-refractivity contribution in [2.45, 2.75) is 45.7 Å². The average molecular weight is 368 g/mol. The Kier molecular flexibility index (Phi) is 6.11. The Morgan fingerprint density at radius 2 is 1.85 bits per heavy atom. The van der Waals surface area contributed by atoms with Gasteiger partial charge in [-0.2, -0.15) is 4.98 Å². The molecule has 7 nitrogen and oxygen atoms in total. The van der Waals surface area contributed by atoms with Crippen molar-refractivity contribution < 1.29 is 4.79 Å². The van der Waals surface area contributed by atoms with E-state index in [2.05, 4.69) is 49.9 Å². The minimum atomic E-state index is -0.0935. The number of nitrogens with one attached hydrogen (secondary N) is 3. The molecule has 3 N–H and O–H groups in total. The lowest BCUT2D eigenvalue weighted by Crippen LogP contribution is -2.49. The molecule has 3 rings (SSSR count). The lowest BCUT2D eigenvalue weighted by Gasteiger charge is -2.32. The zero-order valence-corrected chi connectivity index (χ0v) is 16.2. The van der Waals surface area contributed by atoms with Crippen LogP contribution in [-0.4, -0.2) is 41.2 Å². The first kappa shape index (κ1) is 18.9. The van der Waals surface area contributed by atoms with Crippen LogP contribution in [0.25, 0.3) is 0 Å². The van der Waals surface area contributed by atoms with E-state index in [1.807, 2.05) is 32.0 Å². The zero-order chi connectivity index (χ0) is 19.2. The van der Waals surface area contributed by atoms with E-state index in [-0.39, 0.29) is 18.1 Å². The van der Waals surface area contributed by atoms with Crippen molar-refractivity contribution in [2.24, 2.45) is 0 Å². The molecule has 1 aromatic carbocycles. The zero-order valence-electron chi connectivity index (χ0n) is 16.2. The Hall–Kier alpha value is -2.83. The van der Waals surface area contributed by atoms with Crippen molar-refractivity contribution in [1.82, 2.24) is 20.6 Å². The molecule has 1 fully saturated rings. The summed E-state index contributed by atoms with van der Waals surface area (Å²) >= 11 is 0. The molecule has 2 amide bonds. The number of hydrogen-bond acceptors (Lipinski definition) is 5. The summed E-state index contributed by atoms with van der Waals surface area (Å²) in [5.74, 6) is 1.50. The molecule has 2 heterocycles. The Morgan fingerprint density at radius 3 is 2.52 bits per heavy atom. The first-order valence-corrected chi connectivity index (χ1v) is 9.48. The highest BCUT2D eigenvalue weighted by atomic mass is 16.2. The fraction of sp³-hybridized carbons (Fsp3) is 0.450. The number of amides is 2. The maximum absolute atomic E-state index is 11.8. The van der Waals surface area contributed by atoms with Crippen LogP contribution >= 0.6 is 0 Å². The van der Waals surface area contributed by atoms with Crippen molar-refractivity contribution in [3.63, 3.8) is 0 Å². The molecule has 1 saturated heterocycles. The number of carbonyl (C=O) groups excluding carboxylic acids is 1. The minimum absolute atomic E-state index is 0.0935. The number of nitrogens with zero attached hydrogens (tertiary/aromatic N) is 3. The number of rotatable bonds is 5. The molecule has 0 radical (unpaired) electrons. The van der Waals surface area contributed by atoms with Crippen LogP contribution in [0.15, 0.2) is 36.5 Å². The topological polar surface area (TPSA) is 82.2 Å². The molecule has 0 bridgehead atoms. The van der Waals surface area contributed by atoms with Gasteiger partial charge in [-0.3, -0.25) is 0 Å². The van der Waals surface area contributed by atoms with Crippen LogP contribution in [0.4, 0.5) is 22.2 Å². The van der Waals surface area contributed by atoms with Gasteiger partial charge in [0.1, 0.15) is 5.82 Å². The van der Waals surface area contributed by atoms with Gasteiger partial charge in [0.05, 0.1) is 0 Å². The number of aromatic nitrogens is 2. The monoisotopic (exact) mass is 368 g/mol. The van der Waals surface area contributed by atoms with Gasteiger partial charge in [-0.1, -0.05) is 17.7 Å². The first-order chi connectivity index (χ1) is 13.0. The van der Waals surface area contributed by atoms with Gasteiger partial charge < -0.3 is 20.9 Å². The lowest BCUT2D eigenvalue weighted by molar-refractivity contribution is 0.232. The molecular formula is C20H28N6O. The fourth-order valence-electron chi connectivity index (χ4n) is 3.07. The van der Waals surface area contributed by atoms with Gasteiger partial charge in [0.25, 0.3) is 0 Å². The molecule has 1 aliphatic rings. The van der Waals surface area contributed by atoms with Crippen molar-refractivity contribution in [2.75, 3.05) is 23.3 Å². The molecule has 144 valence electrons. The summed E-state index contributed by atoms with van der Waals surface area (Å²) in [5, 5.41) is 9.23. The van der Waals surface area contributed by atoms with Crippen LogP contribution in [-0.2, 0) is 0 Å². The Morgan fingerprint density at radius 1 is 1.15 bits per heavy atom. The lowest BCUT2D eigenvalue weighted by atomic mass is 10.1. The molecule has 0 saturated carbocycles. The maximum atomic E-state index is 11.8. The van der Waals surface area contributed by atoms with Gasteiger partial charge in [-0.05, 0) is 51.8 Å². The highest BCUT2D eigenvalue weighted by molar-refractivity contribution is 5.74. The third-order valence-electron chi connectivity index (χ3n) is 4.50. The fourth-order valence-corrected chi connectivity index (χ4v) is 3.07. The summed E-state index contributed by atoms with van der Waals surface area (Å²) < 4.78 is 0. The van der Waals surface area contributed by atoms with Crippen LogP contribution in [0.2, 0.25) is 0 Å².